The van der Waals surface area contributed by atoms with Crippen molar-refractivity contribution in [3.8, 4) is 0 Å². The molecule has 3 N–H and O–H groups in total. The summed E-state index contributed by atoms with van der Waals surface area (Å²) in [5, 5.41) is 13.3. The maximum atomic E-state index is 11.6. The summed E-state index contributed by atoms with van der Waals surface area (Å²) in [5.74, 6) is -1.14. The van der Waals surface area contributed by atoms with Gasteiger partial charge in [-0.25, -0.2) is 4.79 Å². The van der Waals surface area contributed by atoms with E-state index < -0.39 is 18.0 Å². The van der Waals surface area contributed by atoms with Gasteiger partial charge in [0.25, 0.3) is 0 Å². The second-order valence-electron chi connectivity index (χ2n) is 3.78. The maximum absolute atomic E-state index is 11.6. The topological polar surface area (TPSA) is 98.7 Å². The highest BCUT2D eigenvalue weighted by atomic mass is 16.4. The molecule has 0 saturated carbocycles. The van der Waals surface area contributed by atoms with Gasteiger partial charge in [0, 0.05) is 26.1 Å². The molecule has 0 saturated heterocycles. The molecule has 0 aliphatic carbocycles. The normalized spacial score (nSPS) is 11.5. The van der Waals surface area contributed by atoms with Crippen LogP contribution in [0.1, 0.15) is 27.2 Å². The Bertz CT molecular complexity index is 303. The second kappa shape index (κ2) is 8.32. The number of aliphatic carboxylic acids is 1. The Kier molecular flexibility index (Phi) is 7.50. The van der Waals surface area contributed by atoms with Crippen molar-refractivity contribution in [3.05, 3.63) is 0 Å². The SMILES string of the molecule is CCN(CC)C(=O)CCNC(=O)NC(C)C(=O)O. The van der Waals surface area contributed by atoms with Gasteiger partial charge in [-0.3, -0.25) is 9.59 Å². The summed E-state index contributed by atoms with van der Waals surface area (Å²) in [6.07, 6.45) is 0.205. The van der Waals surface area contributed by atoms with Crippen LogP contribution >= 0.6 is 0 Å². The summed E-state index contributed by atoms with van der Waals surface area (Å²) in [6.45, 7) is 6.60. The zero-order valence-electron chi connectivity index (χ0n) is 11.0. The minimum absolute atomic E-state index is 0.0356. The minimum atomic E-state index is -1.11. The average molecular weight is 259 g/mol. The molecule has 0 fully saturated rings. The number of rotatable bonds is 7. The largest absolute Gasteiger partial charge is 0.480 e. The molecule has 18 heavy (non-hydrogen) atoms. The lowest BCUT2D eigenvalue weighted by Gasteiger charge is -2.18. The summed E-state index contributed by atoms with van der Waals surface area (Å²) in [4.78, 5) is 35.0. The molecular weight excluding hydrogens is 238 g/mol. The summed E-state index contributed by atoms with van der Waals surface area (Å²) in [5.41, 5.74) is 0. The van der Waals surface area contributed by atoms with Crippen LogP contribution in [0.4, 0.5) is 4.79 Å². The standard InChI is InChI=1S/C11H21N3O4/c1-4-14(5-2)9(15)6-7-12-11(18)13-8(3)10(16)17/h8H,4-7H2,1-3H3,(H,16,17)(H2,12,13,18). The monoisotopic (exact) mass is 259 g/mol. The summed E-state index contributed by atoms with van der Waals surface area (Å²) in [6, 6.07) is -1.54. The van der Waals surface area contributed by atoms with Gasteiger partial charge in [0.2, 0.25) is 5.91 Å². The third kappa shape index (κ3) is 6.07. The molecule has 1 atom stereocenters. The first-order valence-electron chi connectivity index (χ1n) is 5.97. The van der Waals surface area contributed by atoms with Gasteiger partial charge in [0.05, 0.1) is 0 Å². The van der Waals surface area contributed by atoms with E-state index in [1.54, 1.807) is 4.90 Å². The summed E-state index contributed by atoms with van der Waals surface area (Å²) >= 11 is 0. The fourth-order valence-corrected chi connectivity index (χ4v) is 1.33. The van der Waals surface area contributed by atoms with Crippen molar-refractivity contribution in [2.45, 2.75) is 33.2 Å². The predicted molar refractivity (Wildman–Crippen MR) is 66.2 cm³/mol. The van der Waals surface area contributed by atoms with E-state index in [-0.39, 0.29) is 18.9 Å². The van der Waals surface area contributed by atoms with Gasteiger partial charge in [-0.05, 0) is 20.8 Å². The number of carbonyl (C=O) groups excluding carboxylic acids is 2. The summed E-state index contributed by atoms with van der Waals surface area (Å²) < 4.78 is 0. The number of nitrogens with zero attached hydrogens (tertiary/aromatic N) is 1. The van der Waals surface area contributed by atoms with Gasteiger partial charge < -0.3 is 20.6 Å². The summed E-state index contributed by atoms with van der Waals surface area (Å²) in [7, 11) is 0. The van der Waals surface area contributed by atoms with Crippen LogP contribution in [0.25, 0.3) is 0 Å². The molecule has 0 bridgehead atoms. The average Bonchev–Trinajstić information content (AvgIpc) is 2.30. The minimum Gasteiger partial charge on any atom is -0.480 e. The zero-order valence-corrected chi connectivity index (χ0v) is 11.0. The van der Waals surface area contributed by atoms with E-state index in [9.17, 15) is 14.4 Å². The van der Waals surface area contributed by atoms with Crippen LogP contribution in [-0.4, -0.2) is 53.6 Å². The molecule has 3 amide bonds. The van der Waals surface area contributed by atoms with Crippen LogP contribution in [0.2, 0.25) is 0 Å². The van der Waals surface area contributed by atoms with Gasteiger partial charge >= 0.3 is 12.0 Å². The number of carbonyl (C=O) groups is 3. The van der Waals surface area contributed by atoms with E-state index >= 15 is 0 Å². The molecule has 1 unspecified atom stereocenters. The zero-order chi connectivity index (χ0) is 14.1. The predicted octanol–water partition coefficient (Wildman–Crippen LogP) is 0.0172. The number of hydrogen-bond acceptors (Lipinski definition) is 3. The highest BCUT2D eigenvalue weighted by Crippen LogP contribution is 1.92. The third-order valence-electron chi connectivity index (χ3n) is 2.46. The molecular formula is C11H21N3O4. The lowest BCUT2D eigenvalue weighted by molar-refractivity contribution is -0.138. The van der Waals surface area contributed by atoms with Gasteiger partial charge in [-0.2, -0.15) is 0 Å². The van der Waals surface area contributed by atoms with Gasteiger partial charge in [0.1, 0.15) is 6.04 Å². The van der Waals surface area contributed by atoms with Gasteiger partial charge in [-0.15, -0.1) is 0 Å². The fourth-order valence-electron chi connectivity index (χ4n) is 1.33. The van der Waals surface area contributed by atoms with E-state index in [0.717, 1.165) is 0 Å². The van der Waals surface area contributed by atoms with Crippen molar-refractivity contribution in [2.24, 2.45) is 0 Å². The molecule has 0 aliphatic rings. The van der Waals surface area contributed by atoms with Crippen molar-refractivity contribution in [1.29, 1.82) is 0 Å². The van der Waals surface area contributed by atoms with Crippen LogP contribution in [0.5, 0.6) is 0 Å². The highest BCUT2D eigenvalue weighted by molar-refractivity contribution is 5.82. The number of urea groups is 1. The molecule has 0 aromatic heterocycles. The lowest BCUT2D eigenvalue weighted by Crippen LogP contribution is -2.45. The van der Waals surface area contributed by atoms with Crippen molar-refractivity contribution in [1.82, 2.24) is 15.5 Å². The third-order valence-corrected chi connectivity index (χ3v) is 2.46. The Hall–Kier alpha value is -1.79. The molecule has 0 spiro atoms. The second-order valence-corrected chi connectivity index (χ2v) is 3.78. The molecule has 0 rings (SSSR count). The molecule has 0 heterocycles. The fraction of sp³-hybridized carbons (Fsp3) is 0.727. The molecule has 0 radical (unpaired) electrons. The number of nitrogens with one attached hydrogen (secondary N) is 2. The molecule has 0 aromatic rings. The molecule has 7 nitrogen and oxygen atoms in total. The number of amides is 3. The Morgan fingerprint density at radius 1 is 1.22 bits per heavy atom. The molecule has 104 valence electrons. The van der Waals surface area contributed by atoms with Crippen molar-refractivity contribution in [2.75, 3.05) is 19.6 Å². The maximum Gasteiger partial charge on any atom is 0.325 e. The van der Waals surface area contributed by atoms with Gasteiger partial charge in [0.15, 0.2) is 0 Å². The molecule has 0 aromatic carbocycles. The van der Waals surface area contributed by atoms with Crippen molar-refractivity contribution < 1.29 is 19.5 Å². The van der Waals surface area contributed by atoms with Crippen LogP contribution < -0.4 is 10.6 Å². The Labute approximate surface area is 107 Å². The van der Waals surface area contributed by atoms with Crippen LogP contribution in [-0.2, 0) is 9.59 Å². The van der Waals surface area contributed by atoms with E-state index in [2.05, 4.69) is 10.6 Å². The van der Waals surface area contributed by atoms with Crippen molar-refractivity contribution in [3.63, 3.8) is 0 Å². The number of carboxylic acid groups (broad SMARTS) is 1. The van der Waals surface area contributed by atoms with Crippen LogP contribution in [0.3, 0.4) is 0 Å². The first-order chi connectivity index (χ1) is 8.42. The molecule has 0 aliphatic heterocycles. The number of hydrogen-bond donors (Lipinski definition) is 3. The Balaban J connectivity index is 3.87. The molecule has 7 heteroatoms. The van der Waals surface area contributed by atoms with E-state index in [0.29, 0.717) is 13.1 Å². The van der Waals surface area contributed by atoms with E-state index in [1.807, 2.05) is 13.8 Å². The van der Waals surface area contributed by atoms with Gasteiger partial charge in [-0.1, -0.05) is 0 Å². The highest BCUT2D eigenvalue weighted by Gasteiger charge is 2.14. The van der Waals surface area contributed by atoms with Crippen LogP contribution in [0, 0.1) is 0 Å². The number of carboxylic acids is 1. The van der Waals surface area contributed by atoms with Crippen LogP contribution in [0.15, 0.2) is 0 Å². The Morgan fingerprint density at radius 2 is 1.78 bits per heavy atom. The van der Waals surface area contributed by atoms with Crippen molar-refractivity contribution >= 4 is 17.9 Å². The first kappa shape index (κ1) is 16.2. The van der Waals surface area contributed by atoms with E-state index in [4.69, 9.17) is 5.11 Å². The Morgan fingerprint density at radius 3 is 2.22 bits per heavy atom. The van der Waals surface area contributed by atoms with E-state index in [1.165, 1.54) is 6.92 Å². The smallest absolute Gasteiger partial charge is 0.325 e. The quantitative estimate of drug-likeness (QED) is 0.600. The lowest BCUT2D eigenvalue weighted by atomic mass is 10.3. The first-order valence-corrected chi connectivity index (χ1v) is 5.97.